The summed E-state index contributed by atoms with van der Waals surface area (Å²) in [5.74, 6) is 0.384. The van der Waals surface area contributed by atoms with Gasteiger partial charge in [0.15, 0.2) is 0 Å². The highest BCUT2D eigenvalue weighted by Crippen LogP contribution is 2.31. The summed E-state index contributed by atoms with van der Waals surface area (Å²) in [4.78, 5) is 10.9. The average molecular weight is 296 g/mol. The quantitative estimate of drug-likeness (QED) is 0.494. The lowest BCUT2D eigenvalue weighted by atomic mass is 9.94. The van der Waals surface area contributed by atoms with Gasteiger partial charge in [-0.05, 0) is 19.3 Å². The number of aryl methyl sites for hydroxylation is 2. The molecule has 1 aromatic rings. The number of rotatable bonds is 5. The van der Waals surface area contributed by atoms with E-state index in [0.29, 0.717) is 24.5 Å². The lowest BCUT2D eigenvalue weighted by Gasteiger charge is -2.27. The molecular weight excluding hydrogens is 272 g/mol. The Labute approximate surface area is 124 Å². The molecule has 0 unspecified atom stereocenters. The van der Waals surface area contributed by atoms with Gasteiger partial charge in [-0.15, -0.1) is 0 Å². The van der Waals surface area contributed by atoms with E-state index in [1.165, 1.54) is 4.68 Å². The minimum absolute atomic E-state index is 0.0252. The van der Waals surface area contributed by atoms with Gasteiger partial charge >= 0.3 is 5.69 Å². The fourth-order valence-electron chi connectivity index (χ4n) is 3.01. The summed E-state index contributed by atoms with van der Waals surface area (Å²) in [5.41, 5.74) is -0.281. The van der Waals surface area contributed by atoms with E-state index in [9.17, 15) is 15.2 Å². The van der Waals surface area contributed by atoms with Crippen LogP contribution in [-0.2, 0) is 13.5 Å². The summed E-state index contributed by atoms with van der Waals surface area (Å²) in [6, 6.07) is 0. The molecule has 0 saturated heterocycles. The zero-order chi connectivity index (χ0) is 15.5. The van der Waals surface area contributed by atoms with Gasteiger partial charge in [-0.3, -0.25) is 10.1 Å². The Kier molecular flexibility index (Phi) is 4.82. The van der Waals surface area contributed by atoms with Crippen molar-refractivity contribution in [2.24, 2.45) is 7.05 Å². The topological polar surface area (TPSA) is 93.2 Å². The molecule has 0 amide bonds. The van der Waals surface area contributed by atoms with Crippen molar-refractivity contribution in [1.82, 2.24) is 9.78 Å². The summed E-state index contributed by atoms with van der Waals surface area (Å²) in [5, 5.41) is 29.1. The molecule has 0 spiro atoms. The molecule has 1 heterocycles. The van der Waals surface area contributed by atoms with Crippen LogP contribution in [0.25, 0.3) is 0 Å². The van der Waals surface area contributed by atoms with E-state index in [1.54, 1.807) is 7.05 Å². The number of anilines is 1. The van der Waals surface area contributed by atoms with Gasteiger partial charge in [-0.2, -0.15) is 5.10 Å². The zero-order valence-corrected chi connectivity index (χ0v) is 12.8. The molecular formula is C14H24N4O3. The first-order valence-corrected chi connectivity index (χ1v) is 7.63. The molecule has 0 aromatic carbocycles. The van der Waals surface area contributed by atoms with Crippen LogP contribution in [0.15, 0.2) is 0 Å². The van der Waals surface area contributed by atoms with Crippen molar-refractivity contribution in [3.05, 3.63) is 15.8 Å². The number of nitrogens with zero attached hydrogens (tertiary/aromatic N) is 3. The fraction of sp³-hybridized carbons (Fsp3) is 0.786. The van der Waals surface area contributed by atoms with Crippen LogP contribution in [0.5, 0.6) is 0 Å². The van der Waals surface area contributed by atoms with E-state index in [2.05, 4.69) is 10.4 Å². The van der Waals surface area contributed by atoms with Crippen LogP contribution in [0.2, 0.25) is 0 Å². The van der Waals surface area contributed by atoms with Crippen LogP contribution in [0, 0.1) is 10.1 Å². The van der Waals surface area contributed by atoms with Crippen molar-refractivity contribution in [1.29, 1.82) is 0 Å². The van der Waals surface area contributed by atoms with Gasteiger partial charge in [0.1, 0.15) is 5.69 Å². The number of aliphatic hydroxyl groups is 1. The summed E-state index contributed by atoms with van der Waals surface area (Å²) in [7, 11) is 1.69. The lowest BCUT2D eigenvalue weighted by molar-refractivity contribution is -0.384. The first-order valence-electron chi connectivity index (χ1n) is 7.63. The lowest BCUT2D eigenvalue weighted by Crippen LogP contribution is -2.36. The van der Waals surface area contributed by atoms with E-state index in [0.717, 1.165) is 38.5 Å². The number of nitro groups is 1. The van der Waals surface area contributed by atoms with Crippen molar-refractivity contribution in [3.8, 4) is 0 Å². The second-order valence-corrected chi connectivity index (χ2v) is 5.87. The maximum Gasteiger partial charge on any atom is 0.333 e. The molecule has 2 N–H and O–H groups in total. The highest BCUT2D eigenvalue weighted by Gasteiger charge is 2.31. The van der Waals surface area contributed by atoms with Crippen molar-refractivity contribution in [2.45, 2.75) is 57.5 Å². The van der Waals surface area contributed by atoms with Gasteiger partial charge in [0.05, 0.1) is 10.5 Å². The Hall–Kier alpha value is -1.63. The first-order chi connectivity index (χ1) is 9.97. The standard InChI is InChI=1S/C14H24N4O3/c1-3-11-12(18(20)21)13(17(2)16-11)15-10-14(19)8-6-4-5-7-9-14/h15,19H,3-10H2,1-2H3. The SMILES string of the molecule is CCc1nn(C)c(NCC2(O)CCCCCC2)c1[N+](=O)[O-]. The zero-order valence-electron chi connectivity index (χ0n) is 12.8. The minimum atomic E-state index is -0.777. The summed E-state index contributed by atoms with van der Waals surface area (Å²) in [6.07, 6.45) is 6.30. The van der Waals surface area contributed by atoms with Crippen LogP contribution >= 0.6 is 0 Å². The van der Waals surface area contributed by atoms with Gasteiger partial charge in [0.25, 0.3) is 0 Å². The minimum Gasteiger partial charge on any atom is -0.388 e. The second-order valence-electron chi connectivity index (χ2n) is 5.87. The Bertz CT molecular complexity index is 505. The second kappa shape index (κ2) is 6.43. The number of hydrogen-bond donors (Lipinski definition) is 2. The Balaban J connectivity index is 2.15. The molecule has 7 nitrogen and oxygen atoms in total. The first kappa shape index (κ1) is 15.8. The van der Waals surface area contributed by atoms with E-state index >= 15 is 0 Å². The Morgan fingerprint density at radius 2 is 2.00 bits per heavy atom. The smallest absolute Gasteiger partial charge is 0.333 e. The molecule has 0 bridgehead atoms. The third kappa shape index (κ3) is 3.53. The summed E-state index contributed by atoms with van der Waals surface area (Å²) >= 11 is 0. The van der Waals surface area contributed by atoms with Crippen molar-refractivity contribution >= 4 is 11.5 Å². The molecule has 1 aromatic heterocycles. The largest absolute Gasteiger partial charge is 0.388 e. The van der Waals surface area contributed by atoms with Crippen LogP contribution in [0.3, 0.4) is 0 Å². The third-order valence-electron chi connectivity index (χ3n) is 4.23. The predicted octanol–water partition coefficient (Wildman–Crippen LogP) is 2.39. The van der Waals surface area contributed by atoms with Crippen LogP contribution in [0.4, 0.5) is 11.5 Å². The molecule has 1 aliphatic rings. The fourth-order valence-corrected chi connectivity index (χ4v) is 3.01. The van der Waals surface area contributed by atoms with Crippen LogP contribution in [0.1, 0.15) is 51.1 Å². The Morgan fingerprint density at radius 3 is 2.52 bits per heavy atom. The molecule has 118 valence electrons. The molecule has 1 aliphatic carbocycles. The number of aromatic nitrogens is 2. The normalized spacial score (nSPS) is 18.2. The van der Waals surface area contributed by atoms with E-state index in [1.807, 2.05) is 6.92 Å². The average Bonchev–Trinajstić information content (AvgIpc) is 2.60. The van der Waals surface area contributed by atoms with Gasteiger partial charge < -0.3 is 10.4 Å². The van der Waals surface area contributed by atoms with Crippen molar-refractivity contribution < 1.29 is 10.0 Å². The number of hydrogen-bond acceptors (Lipinski definition) is 5. The molecule has 0 atom stereocenters. The van der Waals surface area contributed by atoms with Crippen molar-refractivity contribution in [2.75, 3.05) is 11.9 Å². The van der Waals surface area contributed by atoms with Gasteiger partial charge in [-0.1, -0.05) is 32.6 Å². The van der Waals surface area contributed by atoms with Crippen molar-refractivity contribution in [3.63, 3.8) is 0 Å². The monoisotopic (exact) mass is 296 g/mol. The van der Waals surface area contributed by atoms with Gasteiger partial charge in [0.2, 0.25) is 5.82 Å². The summed E-state index contributed by atoms with van der Waals surface area (Å²) < 4.78 is 1.50. The maximum absolute atomic E-state index is 11.3. The highest BCUT2D eigenvalue weighted by atomic mass is 16.6. The number of nitrogens with one attached hydrogen (secondary N) is 1. The maximum atomic E-state index is 11.3. The van der Waals surface area contributed by atoms with Gasteiger partial charge in [-0.25, -0.2) is 4.68 Å². The van der Waals surface area contributed by atoms with E-state index < -0.39 is 10.5 Å². The third-order valence-corrected chi connectivity index (χ3v) is 4.23. The van der Waals surface area contributed by atoms with Crippen LogP contribution < -0.4 is 5.32 Å². The molecule has 1 saturated carbocycles. The van der Waals surface area contributed by atoms with E-state index in [4.69, 9.17) is 0 Å². The molecule has 1 fully saturated rings. The molecule has 2 rings (SSSR count). The molecule has 0 radical (unpaired) electrons. The van der Waals surface area contributed by atoms with E-state index in [-0.39, 0.29) is 5.69 Å². The highest BCUT2D eigenvalue weighted by molar-refractivity contribution is 5.60. The van der Waals surface area contributed by atoms with Gasteiger partial charge in [0, 0.05) is 13.6 Å². The predicted molar refractivity (Wildman–Crippen MR) is 80.4 cm³/mol. The Morgan fingerprint density at radius 1 is 1.38 bits per heavy atom. The summed E-state index contributed by atoms with van der Waals surface area (Å²) in [6.45, 7) is 2.18. The molecule has 0 aliphatic heterocycles. The van der Waals surface area contributed by atoms with Crippen LogP contribution in [-0.4, -0.2) is 32.0 Å². The molecule has 21 heavy (non-hydrogen) atoms. The molecule has 7 heteroatoms.